The van der Waals surface area contributed by atoms with Crippen molar-refractivity contribution in [3.8, 4) is 11.5 Å². The van der Waals surface area contributed by atoms with Crippen molar-refractivity contribution in [2.75, 3.05) is 53.1 Å². The summed E-state index contributed by atoms with van der Waals surface area (Å²) < 4.78 is 18.8. The van der Waals surface area contributed by atoms with Gasteiger partial charge in [-0.05, 0) is 49.1 Å². The highest BCUT2D eigenvalue weighted by Crippen LogP contribution is 2.42. The third-order valence-electron chi connectivity index (χ3n) is 7.69. The molecule has 0 bridgehead atoms. The molecule has 218 valence electrons. The number of aromatic nitrogens is 2. The molecule has 5 rings (SSSR count). The van der Waals surface area contributed by atoms with E-state index in [1.54, 1.807) is 41.7 Å². The molecule has 4 heterocycles. The Hall–Kier alpha value is -3.89. The number of likely N-dealkylation sites (tertiary alicyclic amines) is 1. The second-order valence-electron chi connectivity index (χ2n) is 10.9. The van der Waals surface area contributed by atoms with Gasteiger partial charge in [0, 0.05) is 32.4 Å². The first-order valence-electron chi connectivity index (χ1n) is 14.1. The van der Waals surface area contributed by atoms with Gasteiger partial charge in [-0.2, -0.15) is 0 Å². The second kappa shape index (κ2) is 12.3. The molecule has 2 aliphatic heterocycles. The summed E-state index contributed by atoms with van der Waals surface area (Å²) in [6, 6.07) is 10.1. The Kier molecular flexibility index (Phi) is 8.60. The van der Waals surface area contributed by atoms with Gasteiger partial charge >= 0.3 is 0 Å². The molecule has 1 unspecified atom stereocenters. The van der Waals surface area contributed by atoms with Crippen LogP contribution in [0.4, 0.5) is 0 Å². The Morgan fingerprint density at radius 3 is 2.63 bits per heavy atom. The summed E-state index contributed by atoms with van der Waals surface area (Å²) in [4.78, 5) is 35.5. The van der Waals surface area contributed by atoms with Crippen LogP contribution in [0.2, 0.25) is 0 Å². The van der Waals surface area contributed by atoms with Gasteiger partial charge in [0.15, 0.2) is 17.3 Å². The number of ketones is 1. The average Bonchev–Trinajstić information content (AvgIpc) is 3.44. The van der Waals surface area contributed by atoms with Crippen LogP contribution in [0.1, 0.15) is 43.3 Å². The van der Waals surface area contributed by atoms with Gasteiger partial charge in [-0.25, -0.2) is 4.98 Å². The zero-order chi connectivity index (χ0) is 29.1. The summed E-state index contributed by atoms with van der Waals surface area (Å²) in [5, 5.41) is 11.7. The largest absolute Gasteiger partial charge is 0.505 e. The quantitative estimate of drug-likeness (QED) is 0.226. The Morgan fingerprint density at radius 1 is 1.12 bits per heavy atom. The maximum absolute atomic E-state index is 13.6. The first-order valence-corrected chi connectivity index (χ1v) is 14.1. The molecular weight excluding hydrogens is 524 g/mol. The minimum absolute atomic E-state index is 0.0289. The van der Waals surface area contributed by atoms with E-state index in [2.05, 4.69) is 23.7 Å². The van der Waals surface area contributed by atoms with Crippen molar-refractivity contribution in [2.24, 2.45) is 5.92 Å². The first kappa shape index (κ1) is 28.6. The van der Waals surface area contributed by atoms with Crippen LogP contribution in [0, 0.1) is 12.8 Å². The molecule has 10 nitrogen and oxygen atoms in total. The number of carbonyl (C=O) groups excluding carboxylic acids is 2. The number of hydrogen-bond acceptors (Lipinski definition) is 8. The van der Waals surface area contributed by atoms with Gasteiger partial charge < -0.3 is 24.2 Å². The molecule has 3 aromatic rings. The van der Waals surface area contributed by atoms with Crippen LogP contribution in [0.25, 0.3) is 11.4 Å². The van der Waals surface area contributed by atoms with Crippen molar-refractivity contribution in [1.82, 2.24) is 19.2 Å². The van der Waals surface area contributed by atoms with Crippen molar-refractivity contribution in [2.45, 2.75) is 33.2 Å². The van der Waals surface area contributed by atoms with E-state index < -0.39 is 17.7 Å². The Morgan fingerprint density at radius 2 is 1.90 bits per heavy atom. The zero-order valence-corrected chi connectivity index (χ0v) is 24.1. The molecule has 0 radical (unpaired) electrons. The number of aliphatic hydroxyl groups is 1. The molecule has 2 aromatic heterocycles. The summed E-state index contributed by atoms with van der Waals surface area (Å²) in [5.74, 6) is -0.0523. The molecule has 0 saturated carbocycles. The highest BCUT2D eigenvalue weighted by Gasteiger charge is 2.46. The number of nitrogens with zero attached hydrogens (tertiary/aromatic N) is 4. The van der Waals surface area contributed by atoms with E-state index >= 15 is 0 Å². The number of fused-ring (bicyclic) bond motifs is 1. The number of rotatable bonds is 10. The molecule has 2 aliphatic rings. The number of ether oxygens (including phenoxy) is 3. The first-order chi connectivity index (χ1) is 19.8. The standard InChI is InChI=1S/C31H38N4O6/c1-20(2)10-16-41-23-9-8-22(19-24(23)39-4)28-26(29(36)27-21(3)32-25-7-5-6-11-34(25)27)30(37)31(38)35(28)13-12-33-14-17-40-18-15-33/h5-9,11,19-20,28,36H,10,12-18H2,1-4H3/b29-26+. The van der Waals surface area contributed by atoms with Gasteiger partial charge in [0.2, 0.25) is 0 Å². The minimum atomic E-state index is -0.816. The number of amides is 1. The number of pyridine rings is 1. The number of aliphatic hydroxyl groups excluding tert-OH is 1. The van der Waals surface area contributed by atoms with Crippen LogP contribution < -0.4 is 9.47 Å². The average molecular weight is 563 g/mol. The van der Waals surface area contributed by atoms with Gasteiger partial charge in [0.25, 0.3) is 11.7 Å². The van der Waals surface area contributed by atoms with Crippen LogP contribution in [0.15, 0.2) is 48.2 Å². The lowest BCUT2D eigenvalue weighted by atomic mass is 9.96. The molecule has 1 atom stereocenters. The summed E-state index contributed by atoms with van der Waals surface area (Å²) in [6.07, 6.45) is 2.67. The van der Waals surface area contributed by atoms with Gasteiger partial charge in [-0.3, -0.25) is 18.9 Å². The third kappa shape index (κ3) is 5.80. The number of aryl methyl sites for hydroxylation is 1. The number of imidazole rings is 1. The number of methoxy groups -OCH3 is 1. The lowest BCUT2D eigenvalue weighted by Gasteiger charge is -2.31. The molecular formula is C31H38N4O6. The highest BCUT2D eigenvalue weighted by molar-refractivity contribution is 6.46. The van der Waals surface area contributed by atoms with Crippen molar-refractivity contribution < 1.29 is 28.9 Å². The van der Waals surface area contributed by atoms with Crippen LogP contribution in [-0.2, 0) is 14.3 Å². The summed E-state index contributed by atoms with van der Waals surface area (Å²) >= 11 is 0. The van der Waals surface area contributed by atoms with Crippen LogP contribution in [-0.4, -0.2) is 89.1 Å². The maximum atomic E-state index is 13.6. The van der Waals surface area contributed by atoms with E-state index in [0.717, 1.165) is 19.5 Å². The molecule has 0 aliphatic carbocycles. The fraction of sp³-hybridized carbons (Fsp3) is 0.452. The van der Waals surface area contributed by atoms with Gasteiger partial charge in [-0.1, -0.05) is 26.0 Å². The van der Waals surface area contributed by atoms with E-state index in [1.807, 2.05) is 24.3 Å². The van der Waals surface area contributed by atoms with Gasteiger partial charge in [0.05, 0.1) is 44.2 Å². The predicted molar refractivity (Wildman–Crippen MR) is 154 cm³/mol. The van der Waals surface area contributed by atoms with Crippen molar-refractivity contribution in [3.05, 3.63) is 65.1 Å². The smallest absolute Gasteiger partial charge is 0.295 e. The Labute approximate surface area is 240 Å². The summed E-state index contributed by atoms with van der Waals surface area (Å²) in [5.41, 5.74) is 2.25. The Bertz CT molecular complexity index is 1460. The predicted octanol–water partition coefficient (Wildman–Crippen LogP) is 3.83. The SMILES string of the molecule is COc1cc(C2/C(=C(\O)c3c(C)nc4ccccn34)C(=O)C(=O)N2CCN2CCOCC2)ccc1OCCC(C)C. The van der Waals surface area contributed by atoms with E-state index in [9.17, 15) is 14.7 Å². The number of benzene rings is 1. The molecule has 2 fully saturated rings. The molecule has 0 spiro atoms. The fourth-order valence-corrected chi connectivity index (χ4v) is 5.44. The van der Waals surface area contributed by atoms with Crippen molar-refractivity contribution in [3.63, 3.8) is 0 Å². The molecule has 2 saturated heterocycles. The molecule has 41 heavy (non-hydrogen) atoms. The van der Waals surface area contributed by atoms with Crippen LogP contribution in [0.5, 0.6) is 11.5 Å². The molecule has 1 N–H and O–H groups in total. The monoisotopic (exact) mass is 562 g/mol. The number of morpholine rings is 1. The van der Waals surface area contributed by atoms with Crippen LogP contribution >= 0.6 is 0 Å². The van der Waals surface area contributed by atoms with Crippen LogP contribution in [0.3, 0.4) is 0 Å². The zero-order valence-electron chi connectivity index (χ0n) is 24.1. The molecule has 10 heteroatoms. The van der Waals surface area contributed by atoms with Gasteiger partial charge in [-0.15, -0.1) is 0 Å². The maximum Gasteiger partial charge on any atom is 0.295 e. The molecule has 1 aromatic carbocycles. The minimum Gasteiger partial charge on any atom is -0.505 e. The van der Waals surface area contributed by atoms with Gasteiger partial charge in [0.1, 0.15) is 11.3 Å². The fourth-order valence-electron chi connectivity index (χ4n) is 5.44. The summed E-state index contributed by atoms with van der Waals surface area (Å²) in [6.45, 7) is 10.2. The number of hydrogen-bond donors (Lipinski definition) is 1. The Balaban J connectivity index is 1.58. The van der Waals surface area contributed by atoms with E-state index in [-0.39, 0.29) is 11.3 Å². The topological polar surface area (TPSA) is 106 Å². The second-order valence-corrected chi connectivity index (χ2v) is 10.9. The lowest BCUT2D eigenvalue weighted by molar-refractivity contribution is -0.140. The number of carbonyl (C=O) groups is 2. The van der Waals surface area contributed by atoms with Crippen molar-refractivity contribution >= 4 is 23.1 Å². The lowest BCUT2D eigenvalue weighted by Crippen LogP contribution is -2.42. The normalized spacial score (nSPS) is 19.4. The van der Waals surface area contributed by atoms with E-state index in [0.29, 0.717) is 72.9 Å². The summed E-state index contributed by atoms with van der Waals surface area (Å²) in [7, 11) is 1.56. The van der Waals surface area contributed by atoms with Crippen molar-refractivity contribution in [1.29, 1.82) is 0 Å². The molecule has 1 amide bonds. The number of Topliss-reactive ketones (excluding diaryl/α,β-unsaturated/α-hetero) is 1. The van der Waals surface area contributed by atoms with E-state index in [1.165, 1.54) is 0 Å². The third-order valence-corrected chi connectivity index (χ3v) is 7.69. The van der Waals surface area contributed by atoms with E-state index in [4.69, 9.17) is 14.2 Å². The highest BCUT2D eigenvalue weighted by atomic mass is 16.5.